The molecule has 0 saturated carbocycles. The monoisotopic (exact) mass is 317 g/mol. The zero-order valence-corrected chi connectivity index (χ0v) is 13.3. The summed E-state index contributed by atoms with van der Waals surface area (Å²) in [4.78, 5) is 19.2. The number of para-hydroxylation sites is 1. The first-order valence-corrected chi connectivity index (χ1v) is 7.41. The molecule has 0 saturated heterocycles. The molecule has 2 N–H and O–H groups in total. The van der Waals surface area contributed by atoms with Gasteiger partial charge in [0.2, 0.25) is 0 Å². The lowest BCUT2D eigenvalue weighted by molar-refractivity contribution is 0.467. The molecule has 0 bridgehead atoms. The highest BCUT2D eigenvalue weighted by Crippen LogP contribution is 2.25. The number of aromatic nitrogens is 2. The van der Waals surface area contributed by atoms with E-state index in [0.717, 1.165) is 16.7 Å². The van der Waals surface area contributed by atoms with Crippen molar-refractivity contribution in [1.29, 1.82) is 5.26 Å². The van der Waals surface area contributed by atoms with Crippen molar-refractivity contribution in [2.45, 2.75) is 13.8 Å². The zero-order chi connectivity index (χ0) is 17.3. The number of phenolic OH excluding ortho intramolecular Hbond substituents is 1. The second kappa shape index (κ2) is 6.01. The van der Waals surface area contributed by atoms with Gasteiger partial charge >= 0.3 is 0 Å². The van der Waals surface area contributed by atoms with Crippen molar-refractivity contribution in [2.75, 3.05) is 0 Å². The summed E-state index contributed by atoms with van der Waals surface area (Å²) in [6.07, 6.45) is 1.65. The number of nitrogens with one attached hydrogen (secondary N) is 1. The third-order valence-electron chi connectivity index (χ3n) is 3.81. The van der Waals surface area contributed by atoms with E-state index in [4.69, 9.17) is 0 Å². The average Bonchev–Trinajstić information content (AvgIpc) is 2.57. The molecule has 0 aliphatic carbocycles. The van der Waals surface area contributed by atoms with Crippen molar-refractivity contribution < 1.29 is 5.11 Å². The summed E-state index contributed by atoms with van der Waals surface area (Å²) < 4.78 is 0. The summed E-state index contributed by atoms with van der Waals surface area (Å²) in [7, 11) is 0. The molecule has 3 rings (SSSR count). The SMILES string of the molecule is Cc1cc(/C=C(\C#N)c2nc3ccccc3c(=O)[nH]2)cc(C)c1O. The summed E-state index contributed by atoms with van der Waals surface area (Å²) in [5, 5.41) is 19.8. The fraction of sp³-hybridized carbons (Fsp3) is 0.105. The predicted molar refractivity (Wildman–Crippen MR) is 93.4 cm³/mol. The van der Waals surface area contributed by atoms with Crippen molar-refractivity contribution in [3.05, 3.63) is 69.3 Å². The van der Waals surface area contributed by atoms with Gasteiger partial charge in [0.25, 0.3) is 5.56 Å². The first-order valence-electron chi connectivity index (χ1n) is 7.41. The van der Waals surface area contributed by atoms with E-state index in [9.17, 15) is 15.2 Å². The molecule has 118 valence electrons. The van der Waals surface area contributed by atoms with Crippen LogP contribution >= 0.6 is 0 Å². The van der Waals surface area contributed by atoms with Gasteiger partial charge in [0.1, 0.15) is 11.8 Å². The smallest absolute Gasteiger partial charge is 0.259 e. The maximum atomic E-state index is 12.2. The maximum absolute atomic E-state index is 12.2. The lowest BCUT2D eigenvalue weighted by Gasteiger charge is -2.06. The standard InChI is InChI=1S/C19H15N3O2/c1-11-7-13(8-12(2)17(11)23)9-14(10-20)18-21-16-6-4-3-5-15(16)19(24)22-18/h3-9,23H,1-2H3,(H,21,22,24)/b14-9+. The maximum Gasteiger partial charge on any atom is 0.259 e. The van der Waals surface area contributed by atoms with Crippen LogP contribution in [0.25, 0.3) is 22.6 Å². The molecule has 0 fully saturated rings. The molecule has 0 aliphatic heterocycles. The van der Waals surface area contributed by atoms with Gasteiger partial charge in [0.15, 0.2) is 5.82 Å². The normalized spacial score (nSPS) is 11.5. The van der Waals surface area contributed by atoms with Crippen molar-refractivity contribution in [2.24, 2.45) is 0 Å². The molecule has 0 spiro atoms. The largest absolute Gasteiger partial charge is 0.507 e. The van der Waals surface area contributed by atoms with Gasteiger partial charge < -0.3 is 10.1 Å². The quantitative estimate of drug-likeness (QED) is 0.710. The fourth-order valence-electron chi connectivity index (χ4n) is 2.61. The van der Waals surface area contributed by atoms with Crippen LogP contribution in [0.15, 0.2) is 41.2 Å². The third-order valence-corrected chi connectivity index (χ3v) is 3.81. The number of aromatic hydroxyl groups is 1. The number of benzene rings is 2. The number of hydrogen-bond acceptors (Lipinski definition) is 4. The highest BCUT2D eigenvalue weighted by atomic mass is 16.3. The summed E-state index contributed by atoms with van der Waals surface area (Å²) in [5.41, 5.74) is 2.71. The summed E-state index contributed by atoms with van der Waals surface area (Å²) >= 11 is 0. The van der Waals surface area contributed by atoms with Crippen LogP contribution in [0.4, 0.5) is 0 Å². The van der Waals surface area contributed by atoms with Crippen molar-refractivity contribution in [3.63, 3.8) is 0 Å². The number of aryl methyl sites for hydroxylation is 2. The number of nitrogens with zero attached hydrogens (tertiary/aromatic N) is 2. The summed E-state index contributed by atoms with van der Waals surface area (Å²) in [5.74, 6) is 0.465. The molecule has 2 aromatic carbocycles. The number of allylic oxidation sites excluding steroid dienone is 1. The molecule has 24 heavy (non-hydrogen) atoms. The molecule has 0 amide bonds. The van der Waals surface area contributed by atoms with Crippen LogP contribution < -0.4 is 5.56 Å². The van der Waals surface area contributed by atoms with Gasteiger partial charge in [-0.3, -0.25) is 4.79 Å². The van der Waals surface area contributed by atoms with Gasteiger partial charge in [-0.2, -0.15) is 5.26 Å². The van der Waals surface area contributed by atoms with E-state index in [1.165, 1.54) is 0 Å². The number of fused-ring (bicyclic) bond motifs is 1. The summed E-state index contributed by atoms with van der Waals surface area (Å²) in [6.45, 7) is 3.59. The Morgan fingerprint density at radius 3 is 2.58 bits per heavy atom. The van der Waals surface area contributed by atoms with Crippen LogP contribution in [-0.2, 0) is 0 Å². The van der Waals surface area contributed by atoms with Crippen LogP contribution in [-0.4, -0.2) is 15.1 Å². The van der Waals surface area contributed by atoms with Crippen LogP contribution in [0.3, 0.4) is 0 Å². The predicted octanol–water partition coefficient (Wildman–Crippen LogP) is 3.31. The van der Waals surface area contributed by atoms with E-state index in [-0.39, 0.29) is 22.7 Å². The number of nitriles is 1. The van der Waals surface area contributed by atoms with Gasteiger partial charge in [-0.25, -0.2) is 4.98 Å². The zero-order valence-electron chi connectivity index (χ0n) is 13.3. The molecule has 0 aliphatic rings. The van der Waals surface area contributed by atoms with Gasteiger partial charge in [-0.05, 0) is 60.9 Å². The minimum Gasteiger partial charge on any atom is -0.507 e. The Balaban J connectivity index is 2.16. The minimum atomic E-state index is -0.283. The molecule has 5 nitrogen and oxygen atoms in total. The summed E-state index contributed by atoms with van der Waals surface area (Å²) in [6, 6.07) is 12.6. The van der Waals surface area contributed by atoms with Gasteiger partial charge in [-0.1, -0.05) is 12.1 Å². The lowest BCUT2D eigenvalue weighted by Crippen LogP contribution is -2.11. The Labute approximate surface area is 138 Å². The van der Waals surface area contributed by atoms with E-state index in [1.807, 2.05) is 0 Å². The molecule has 1 heterocycles. The molecular weight excluding hydrogens is 302 g/mol. The van der Waals surface area contributed by atoms with Gasteiger partial charge in [-0.15, -0.1) is 0 Å². The Morgan fingerprint density at radius 2 is 1.92 bits per heavy atom. The molecule has 5 heteroatoms. The second-order valence-corrected chi connectivity index (χ2v) is 5.60. The topological polar surface area (TPSA) is 89.8 Å². The molecule has 0 unspecified atom stereocenters. The Morgan fingerprint density at radius 1 is 1.25 bits per heavy atom. The Hall–Kier alpha value is -3.39. The van der Waals surface area contributed by atoms with Crippen molar-refractivity contribution >= 4 is 22.6 Å². The van der Waals surface area contributed by atoms with Crippen molar-refractivity contribution in [3.8, 4) is 11.8 Å². The number of phenols is 1. The van der Waals surface area contributed by atoms with E-state index < -0.39 is 0 Å². The first-order chi connectivity index (χ1) is 11.5. The van der Waals surface area contributed by atoms with E-state index in [2.05, 4.69) is 16.0 Å². The Bertz CT molecular complexity index is 1050. The second-order valence-electron chi connectivity index (χ2n) is 5.60. The van der Waals surface area contributed by atoms with Crippen LogP contribution in [0, 0.1) is 25.2 Å². The average molecular weight is 317 g/mol. The van der Waals surface area contributed by atoms with Crippen LogP contribution in [0.2, 0.25) is 0 Å². The molecule has 0 atom stereocenters. The highest BCUT2D eigenvalue weighted by molar-refractivity contribution is 5.89. The fourth-order valence-corrected chi connectivity index (χ4v) is 2.61. The van der Waals surface area contributed by atoms with E-state index in [1.54, 1.807) is 56.3 Å². The van der Waals surface area contributed by atoms with Crippen LogP contribution in [0.5, 0.6) is 5.75 Å². The van der Waals surface area contributed by atoms with E-state index in [0.29, 0.717) is 10.9 Å². The number of hydrogen-bond donors (Lipinski definition) is 2. The van der Waals surface area contributed by atoms with E-state index >= 15 is 0 Å². The van der Waals surface area contributed by atoms with Crippen molar-refractivity contribution in [1.82, 2.24) is 9.97 Å². The third kappa shape index (κ3) is 2.77. The lowest BCUT2D eigenvalue weighted by atomic mass is 10.0. The van der Waals surface area contributed by atoms with Gasteiger partial charge in [0, 0.05) is 0 Å². The molecular formula is C19H15N3O2. The Kier molecular flexibility index (Phi) is 3.88. The number of aromatic amines is 1. The first kappa shape index (κ1) is 15.5. The van der Waals surface area contributed by atoms with Gasteiger partial charge in [0.05, 0.1) is 16.5 Å². The highest BCUT2D eigenvalue weighted by Gasteiger charge is 2.09. The number of H-pyrrole nitrogens is 1. The molecule has 1 aromatic heterocycles. The number of rotatable bonds is 2. The van der Waals surface area contributed by atoms with Crippen LogP contribution in [0.1, 0.15) is 22.5 Å². The minimum absolute atomic E-state index is 0.226. The molecule has 3 aromatic rings. The molecule has 0 radical (unpaired) electrons.